The number of carbonyl (C=O) groups is 2. The molecule has 0 spiro atoms. The molecule has 3 aromatic heterocycles. The molecule has 3 heterocycles. The van der Waals surface area contributed by atoms with Crippen LogP contribution in [-0.4, -0.2) is 43.5 Å². The van der Waals surface area contributed by atoms with E-state index in [1.807, 2.05) is 29.6 Å². The lowest BCUT2D eigenvalue weighted by Crippen LogP contribution is -2.31. The molecule has 0 saturated carbocycles. The molecule has 0 saturated heterocycles. The van der Waals surface area contributed by atoms with Gasteiger partial charge in [0.2, 0.25) is 0 Å². The van der Waals surface area contributed by atoms with Crippen molar-refractivity contribution in [2.45, 2.75) is 45.7 Å². The van der Waals surface area contributed by atoms with Gasteiger partial charge in [0.15, 0.2) is 0 Å². The third kappa shape index (κ3) is 5.63. The Hall–Kier alpha value is -3.24. The summed E-state index contributed by atoms with van der Waals surface area (Å²) in [6.45, 7) is 7.27. The zero-order valence-corrected chi connectivity index (χ0v) is 20.9. The summed E-state index contributed by atoms with van der Waals surface area (Å²) in [7, 11) is 0. The zero-order chi connectivity index (χ0) is 24.3. The second-order valence-corrected chi connectivity index (χ2v) is 11.0. The Kier molecular flexibility index (Phi) is 6.99. The summed E-state index contributed by atoms with van der Waals surface area (Å²) in [5.41, 5.74) is 3.19. The first kappa shape index (κ1) is 23.9. The fraction of sp³-hybridized carbons (Fsp3) is 0.333. The van der Waals surface area contributed by atoms with Crippen molar-refractivity contribution < 1.29 is 14.7 Å². The Morgan fingerprint density at radius 3 is 2.68 bits per heavy atom. The number of hydrogen-bond acceptors (Lipinski definition) is 6. The van der Waals surface area contributed by atoms with Crippen LogP contribution in [0.3, 0.4) is 0 Å². The number of aromatic nitrogens is 3. The van der Waals surface area contributed by atoms with Crippen LogP contribution in [-0.2, 0) is 24.9 Å². The van der Waals surface area contributed by atoms with Gasteiger partial charge in [-0.1, -0.05) is 39.0 Å². The van der Waals surface area contributed by atoms with Crippen molar-refractivity contribution in [1.29, 1.82) is 0 Å². The van der Waals surface area contributed by atoms with E-state index in [1.165, 1.54) is 16.2 Å². The van der Waals surface area contributed by atoms with Crippen molar-refractivity contribution in [3.05, 3.63) is 68.1 Å². The molecule has 0 radical (unpaired) electrons. The first-order valence-electron chi connectivity index (χ1n) is 10.9. The van der Waals surface area contributed by atoms with E-state index in [0.29, 0.717) is 29.5 Å². The molecule has 0 aliphatic rings. The number of para-hydroxylation sites is 1. The van der Waals surface area contributed by atoms with E-state index in [0.717, 1.165) is 21.5 Å². The molecule has 4 rings (SSSR count). The average molecular weight is 498 g/mol. The third-order valence-corrected chi connectivity index (χ3v) is 7.15. The van der Waals surface area contributed by atoms with Gasteiger partial charge in [0, 0.05) is 23.2 Å². The molecule has 1 aromatic carbocycles. The van der Waals surface area contributed by atoms with Gasteiger partial charge in [0.25, 0.3) is 5.91 Å². The van der Waals surface area contributed by atoms with Crippen molar-refractivity contribution in [2.24, 2.45) is 0 Å². The normalized spacial score (nSPS) is 11.6. The molecule has 0 atom stereocenters. The number of carbonyl (C=O) groups excluding carboxylic acids is 1. The van der Waals surface area contributed by atoms with Crippen LogP contribution in [0.5, 0.6) is 0 Å². The molecule has 0 aliphatic heterocycles. The number of imidazole rings is 1. The van der Waals surface area contributed by atoms with Crippen LogP contribution in [0.25, 0.3) is 11.0 Å². The number of nitrogens with zero attached hydrogens (tertiary/aromatic N) is 3. The quantitative estimate of drug-likeness (QED) is 0.316. The van der Waals surface area contributed by atoms with Crippen molar-refractivity contribution in [3.63, 3.8) is 0 Å². The van der Waals surface area contributed by atoms with Gasteiger partial charge in [-0.3, -0.25) is 4.79 Å². The molecule has 0 bridgehead atoms. The molecule has 0 aliphatic carbocycles. The van der Waals surface area contributed by atoms with E-state index >= 15 is 0 Å². The van der Waals surface area contributed by atoms with Crippen molar-refractivity contribution >= 4 is 45.7 Å². The van der Waals surface area contributed by atoms with E-state index in [1.54, 1.807) is 16.7 Å². The Morgan fingerprint density at radius 1 is 1.15 bits per heavy atom. The van der Waals surface area contributed by atoms with E-state index in [9.17, 15) is 14.7 Å². The third-order valence-electron chi connectivity index (χ3n) is 5.37. The molecule has 0 unspecified atom stereocenters. The SMILES string of the molecule is CC(C)(C)c1cccc2nc(CN(CCc3nc(C(=O)NCc4cccs4)cs3)C(=O)O)[nH]c12. The maximum atomic E-state index is 12.3. The number of H-pyrrole nitrogens is 1. The first-order valence-corrected chi connectivity index (χ1v) is 12.7. The molecule has 2 amide bonds. The Bertz CT molecular complexity index is 1290. The largest absolute Gasteiger partial charge is 0.465 e. The maximum absolute atomic E-state index is 12.3. The fourth-order valence-electron chi connectivity index (χ4n) is 3.64. The Balaban J connectivity index is 1.39. The zero-order valence-electron chi connectivity index (χ0n) is 19.3. The smallest absolute Gasteiger partial charge is 0.407 e. The number of aromatic amines is 1. The number of fused-ring (bicyclic) bond motifs is 1. The summed E-state index contributed by atoms with van der Waals surface area (Å²) in [4.78, 5) is 38.9. The standard InChI is InChI=1S/C24H27N5O3S2/c1-24(2,3)16-7-4-8-17-21(16)28-19(26-17)13-29(23(31)32)10-9-20-27-18(14-34-20)22(30)25-12-15-6-5-11-33-15/h4-8,11,14H,9-10,12-13H2,1-3H3,(H,25,30)(H,26,28)(H,31,32). The van der Waals surface area contributed by atoms with E-state index < -0.39 is 6.09 Å². The van der Waals surface area contributed by atoms with Crippen LogP contribution in [0.2, 0.25) is 0 Å². The second kappa shape index (κ2) is 9.94. The van der Waals surface area contributed by atoms with E-state index in [4.69, 9.17) is 0 Å². The van der Waals surface area contributed by atoms with Crippen LogP contribution in [0.15, 0.2) is 41.1 Å². The Labute approximate surface area is 205 Å². The van der Waals surface area contributed by atoms with Gasteiger partial charge < -0.3 is 20.3 Å². The summed E-state index contributed by atoms with van der Waals surface area (Å²) in [6, 6.07) is 9.87. The minimum atomic E-state index is -1.03. The highest BCUT2D eigenvalue weighted by molar-refractivity contribution is 7.10. The van der Waals surface area contributed by atoms with E-state index in [-0.39, 0.29) is 24.4 Å². The molecular weight excluding hydrogens is 470 g/mol. The predicted molar refractivity (Wildman–Crippen MR) is 135 cm³/mol. The van der Waals surface area contributed by atoms with E-state index in [2.05, 4.69) is 47.1 Å². The molecule has 8 nitrogen and oxygen atoms in total. The van der Waals surface area contributed by atoms with Crippen molar-refractivity contribution in [2.75, 3.05) is 6.54 Å². The number of thiophene rings is 1. The summed E-state index contributed by atoms with van der Waals surface area (Å²) in [6.07, 6.45) is -0.607. The van der Waals surface area contributed by atoms with Gasteiger partial charge in [-0.05, 0) is 28.5 Å². The summed E-state index contributed by atoms with van der Waals surface area (Å²) >= 11 is 2.94. The van der Waals surface area contributed by atoms with Crippen LogP contribution < -0.4 is 5.32 Å². The highest BCUT2D eigenvalue weighted by Gasteiger charge is 2.21. The van der Waals surface area contributed by atoms with Crippen LogP contribution in [0.4, 0.5) is 4.79 Å². The van der Waals surface area contributed by atoms with Gasteiger partial charge in [0.05, 0.1) is 29.1 Å². The summed E-state index contributed by atoms with van der Waals surface area (Å²) in [5.74, 6) is 0.366. The number of carboxylic acid groups (broad SMARTS) is 1. The number of rotatable bonds is 8. The highest BCUT2D eigenvalue weighted by Crippen LogP contribution is 2.28. The lowest BCUT2D eigenvalue weighted by Gasteiger charge is -2.19. The topological polar surface area (TPSA) is 111 Å². The molecule has 0 fully saturated rings. The lowest BCUT2D eigenvalue weighted by molar-refractivity contribution is 0.0946. The molecular formula is C24H27N5O3S2. The molecule has 34 heavy (non-hydrogen) atoms. The minimum absolute atomic E-state index is 0.0611. The number of thiazole rings is 1. The molecule has 3 N–H and O–H groups in total. The summed E-state index contributed by atoms with van der Waals surface area (Å²) in [5, 5.41) is 17.0. The second-order valence-electron chi connectivity index (χ2n) is 8.98. The molecule has 10 heteroatoms. The van der Waals surface area contributed by atoms with Crippen molar-refractivity contribution in [1.82, 2.24) is 25.2 Å². The monoisotopic (exact) mass is 497 g/mol. The van der Waals surface area contributed by atoms with Gasteiger partial charge >= 0.3 is 6.09 Å². The van der Waals surface area contributed by atoms with Gasteiger partial charge in [-0.25, -0.2) is 14.8 Å². The molecule has 178 valence electrons. The van der Waals surface area contributed by atoms with Gasteiger partial charge in [0.1, 0.15) is 11.5 Å². The number of hydrogen-bond donors (Lipinski definition) is 3. The van der Waals surface area contributed by atoms with Crippen LogP contribution in [0.1, 0.15) is 52.5 Å². The average Bonchev–Trinajstić information content (AvgIpc) is 3.54. The lowest BCUT2D eigenvalue weighted by atomic mass is 9.86. The van der Waals surface area contributed by atoms with Crippen molar-refractivity contribution in [3.8, 4) is 0 Å². The minimum Gasteiger partial charge on any atom is -0.465 e. The Morgan fingerprint density at radius 2 is 1.97 bits per heavy atom. The number of nitrogens with one attached hydrogen (secondary N) is 2. The molecule has 4 aromatic rings. The fourth-order valence-corrected chi connectivity index (χ4v) is 5.05. The van der Waals surface area contributed by atoms with Crippen LogP contribution in [0, 0.1) is 0 Å². The first-order chi connectivity index (χ1) is 16.2. The van der Waals surface area contributed by atoms with Gasteiger partial charge in [-0.15, -0.1) is 22.7 Å². The summed E-state index contributed by atoms with van der Waals surface area (Å²) < 4.78 is 0. The van der Waals surface area contributed by atoms with Gasteiger partial charge in [-0.2, -0.15) is 0 Å². The highest BCUT2D eigenvalue weighted by atomic mass is 32.1. The number of benzene rings is 1. The van der Waals surface area contributed by atoms with Crippen LogP contribution >= 0.6 is 22.7 Å². The predicted octanol–water partition coefficient (Wildman–Crippen LogP) is 5.03. The number of amides is 2. The maximum Gasteiger partial charge on any atom is 0.407 e.